The number of hydrogen-bond donors (Lipinski definition) is 0. The lowest BCUT2D eigenvalue weighted by atomic mass is 10.1. The van der Waals surface area contributed by atoms with Gasteiger partial charge in [0.05, 0.1) is 12.2 Å². The topological polar surface area (TPSA) is 26.3 Å². The van der Waals surface area contributed by atoms with Crippen LogP contribution in [-0.4, -0.2) is 12.6 Å². The standard InChI is InChI=1S/C10H9Br2ClO2/c1-2-15-10(14)9-6(5-13)3-7(11)4-8(9)12/h3-4H,2,5H2,1H3. The van der Waals surface area contributed by atoms with E-state index in [0.29, 0.717) is 16.6 Å². The van der Waals surface area contributed by atoms with Gasteiger partial charge < -0.3 is 4.74 Å². The molecular weight excluding hydrogens is 347 g/mol. The Labute approximate surface area is 110 Å². The SMILES string of the molecule is CCOC(=O)c1c(Br)cc(Br)cc1CCl. The average Bonchev–Trinajstić information content (AvgIpc) is 2.16. The summed E-state index contributed by atoms with van der Waals surface area (Å²) in [6.45, 7) is 2.12. The third-order valence-electron chi connectivity index (χ3n) is 1.76. The summed E-state index contributed by atoms with van der Waals surface area (Å²) in [7, 11) is 0. The second-order valence-electron chi connectivity index (χ2n) is 2.78. The zero-order valence-electron chi connectivity index (χ0n) is 8.02. The summed E-state index contributed by atoms with van der Waals surface area (Å²) in [5.74, 6) is -0.0841. The Balaban J connectivity index is 3.20. The summed E-state index contributed by atoms with van der Waals surface area (Å²) >= 11 is 12.4. The maximum atomic E-state index is 11.6. The van der Waals surface area contributed by atoms with E-state index in [-0.39, 0.29) is 11.8 Å². The van der Waals surface area contributed by atoms with Crippen LogP contribution in [-0.2, 0) is 10.6 Å². The molecule has 1 rings (SSSR count). The molecule has 82 valence electrons. The van der Waals surface area contributed by atoms with E-state index in [9.17, 15) is 4.79 Å². The molecule has 2 nitrogen and oxygen atoms in total. The van der Waals surface area contributed by atoms with Gasteiger partial charge in [0.15, 0.2) is 0 Å². The third kappa shape index (κ3) is 3.20. The van der Waals surface area contributed by atoms with Gasteiger partial charge in [-0.3, -0.25) is 0 Å². The second kappa shape index (κ2) is 5.87. The van der Waals surface area contributed by atoms with Gasteiger partial charge in [-0.05, 0) is 40.5 Å². The van der Waals surface area contributed by atoms with Gasteiger partial charge >= 0.3 is 5.97 Å². The van der Waals surface area contributed by atoms with E-state index in [1.165, 1.54) is 0 Å². The fourth-order valence-electron chi connectivity index (χ4n) is 1.16. The van der Waals surface area contributed by atoms with E-state index < -0.39 is 0 Å². The molecule has 0 spiro atoms. The summed E-state index contributed by atoms with van der Waals surface area (Å²) in [6.07, 6.45) is 0. The van der Waals surface area contributed by atoms with Crippen LogP contribution in [0.4, 0.5) is 0 Å². The van der Waals surface area contributed by atoms with Crippen molar-refractivity contribution in [1.29, 1.82) is 0 Å². The first-order valence-corrected chi connectivity index (χ1v) is 6.43. The van der Waals surface area contributed by atoms with E-state index >= 15 is 0 Å². The van der Waals surface area contributed by atoms with Crippen molar-refractivity contribution in [3.05, 3.63) is 32.2 Å². The predicted molar refractivity (Wildman–Crippen MR) is 67.4 cm³/mol. The van der Waals surface area contributed by atoms with E-state index in [0.717, 1.165) is 10.0 Å². The lowest BCUT2D eigenvalue weighted by molar-refractivity contribution is 0.0524. The molecule has 0 unspecified atom stereocenters. The van der Waals surface area contributed by atoms with E-state index in [1.807, 2.05) is 6.07 Å². The molecule has 0 aromatic heterocycles. The number of halogens is 3. The van der Waals surface area contributed by atoms with Gasteiger partial charge in [-0.2, -0.15) is 0 Å². The molecule has 0 saturated carbocycles. The van der Waals surface area contributed by atoms with Crippen LogP contribution < -0.4 is 0 Å². The zero-order chi connectivity index (χ0) is 11.4. The number of rotatable bonds is 3. The van der Waals surface area contributed by atoms with Crippen molar-refractivity contribution >= 4 is 49.4 Å². The highest BCUT2D eigenvalue weighted by atomic mass is 79.9. The third-order valence-corrected chi connectivity index (χ3v) is 3.13. The molecule has 1 aromatic carbocycles. The number of benzene rings is 1. The Hall–Kier alpha value is -0.0600. The lowest BCUT2D eigenvalue weighted by Crippen LogP contribution is -2.08. The number of esters is 1. The molecule has 0 saturated heterocycles. The average molecular weight is 356 g/mol. The fourth-order valence-corrected chi connectivity index (χ4v) is 2.85. The van der Waals surface area contributed by atoms with Gasteiger partial charge in [0.25, 0.3) is 0 Å². The first-order chi connectivity index (χ1) is 7.10. The minimum Gasteiger partial charge on any atom is -0.462 e. The molecule has 5 heteroatoms. The van der Waals surface area contributed by atoms with Gasteiger partial charge in [0, 0.05) is 14.8 Å². The highest BCUT2D eigenvalue weighted by Gasteiger charge is 2.16. The normalized spacial score (nSPS) is 10.1. The van der Waals surface area contributed by atoms with E-state index in [2.05, 4.69) is 31.9 Å². The van der Waals surface area contributed by atoms with Gasteiger partial charge in [0.1, 0.15) is 0 Å². The van der Waals surface area contributed by atoms with E-state index in [1.54, 1.807) is 13.0 Å². The second-order valence-corrected chi connectivity index (χ2v) is 4.81. The van der Waals surface area contributed by atoms with Gasteiger partial charge in [0.2, 0.25) is 0 Å². The predicted octanol–water partition coefficient (Wildman–Crippen LogP) is 4.13. The smallest absolute Gasteiger partial charge is 0.339 e. The molecule has 0 aliphatic heterocycles. The number of ether oxygens (including phenoxy) is 1. The van der Waals surface area contributed by atoms with Gasteiger partial charge in [-0.1, -0.05) is 15.9 Å². The minimum atomic E-state index is -0.354. The van der Waals surface area contributed by atoms with Crippen molar-refractivity contribution < 1.29 is 9.53 Å². The highest BCUT2D eigenvalue weighted by Crippen LogP contribution is 2.27. The highest BCUT2D eigenvalue weighted by molar-refractivity contribution is 9.11. The summed E-state index contributed by atoms with van der Waals surface area (Å²) in [4.78, 5) is 11.6. The Bertz CT molecular complexity index is 380. The van der Waals surface area contributed by atoms with Gasteiger partial charge in [-0.15, -0.1) is 11.6 Å². The molecule has 0 bridgehead atoms. The van der Waals surface area contributed by atoms with Crippen LogP contribution in [0, 0.1) is 0 Å². The molecule has 0 aliphatic rings. The minimum absolute atomic E-state index is 0.270. The first-order valence-electron chi connectivity index (χ1n) is 4.31. The molecule has 0 fully saturated rings. The quantitative estimate of drug-likeness (QED) is 0.601. The van der Waals surface area contributed by atoms with Crippen molar-refractivity contribution in [3.63, 3.8) is 0 Å². The number of hydrogen-bond acceptors (Lipinski definition) is 2. The summed E-state index contributed by atoms with van der Waals surface area (Å²) in [6, 6.07) is 3.60. The first kappa shape index (κ1) is 13.0. The van der Waals surface area contributed by atoms with Crippen LogP contribution >= 0.6 is 43.5 Å². The van der Waals surface area contributed by atoms with Crippen molar-refractivity contribution in [2.75, 3.05) is 6.61 Å². The Kier molecular flexibility index (Phi) is 5.09. The zero-order valence-corrected chi connectivity index (χ0v) is 11.9. The molecule has 0 atom stereocenters. The number of carbonyl (C=O) groups excluding carboxylic acids is 1. The molecule has 1 aromatic rings. The van der Waals surface area contributed by atoms with Gasteiger partial charge in [-0.25, -0.2) is 4.79 Å². The largest absolute Gasteiger partial charge is 0.462 e. The van der Waals surface area contributed by atoms with Crippen LogP contribution in [0.1, 0.15) is 22.8 Å². The molecule has 0 heterocycles. The van der Waals surface area contributed by atoms with Crippen LogP contribution in [0.3, 0.4) is 0 Å². The molecule has 0 amide bonds. The lowest BCUT2D eigenvalue weighted by Gasteiger charge is -2.09. The van der Waals surface area contributed by atoms with Crippen molar-refractivity contribution in [2.45, 2.75) is 12.8 Å². The summed E-state index contributed by atoms with van der Waals surface area (Å²) < 4.78 is 6.51. The van der Waals surface area contributed by atoms with Crippen LogP contribution in [0.15, 0.2) is 21.1 Å². The molecular formula is C10H9Br2ClO2. The Morgan fingerprint density at radius 3 is 2.67 bits per heavy atom. The Morgan fingerprint density at radius 2 is 2.13 bits per heavy atom. The van der Waals surface area contributed by atoms with Crippen LogP contribution in [0.5, 0.6) is 0 Å². The maximum absolute atomic E-state index is 11.6. The summed E-state index contributed by atoms with van der Waals surface area (Å²) in [5.41, 5.74) is 1.24. The monoisotopic (exact) mass is 354 g/mol. The molecule has 0 N–H and O–H groups in total. The molecule has 0 aliphatic carbocycles. The number of carbonyl (C=O) groups is 1. The van der Waals surface area contributed by atoms with Crippen LogP contribution in [0.25, 0.3) is 0 Å². The van der Waals surface area contributed by atoms with Crippen molar-refractivity contribution in [3.8, 4) is 0 Å². The number of alkyl halides is 1. The maximum Gasteiger partial charge on any atom is 0.339 e. The Morgan fingerprint density at radius 1 is 1.47 bits per heavy atom. The molecule has 0 radical (unpaired) electrons. The van der Waals surface area contributed by atoms with E-state index in [4.69, 9.17) is 16.3 Å². The van der Waals surface area contributed by atoms with Crippen molar-refractivity contribution in [2.24, 2.45) is 0 Å². The summed E-state index contributed by atoms with van der Waals surface area (Å²) in [5, 5.41) is 0. The fraction of sp³-hybridized carbons (Fsp3) is 0.300. The molecule has 15 heavy (non-hydrogen) atoms. The van der Waals surface area contributed by atoms with Crippen molar-refractivity contribution in [1.82, 2.24) is 0 Å². The van der Waals surface area contributed by atoms with Crippen LogP contribution in [0.2, 0.25) is 0 Å².